The molecule has 3 nitrogen and oxygen atoms in total. The molecule has 1 aromatic carbocycles. The minimum Gasteiger partial charge on any atom is -0.436 e. The molecule has 0 bridgehead atoms. The molecule has 1 aromatic rings. The van der Waals surface area contributed by atoms with Gasteiger partial charge >= 0.3 is 5.97 Å². The van der Waals surface area contributed by atoms with Crippen LogP contribution in [-0.4, -0.2) is 17.4 Å². The van der Waals surface area contributed by atoms with E-state index in [1.165, 1.54) is 0 Å². The topological polar surface area (TPSA) is 46.5 Å². The molecule has 2 rings (SSSR count). The van der Waals surface area contributed by atoms with Crippen molar-refractivity contribution in [3.05, 3.63) is 35.9 Å². The van der Waals surface area contributed by atoms with Crippen molar-refractivity contribution >= 4 is 5.97 Å². The first-order valence-corrected chi connectivity index (χ1v) is 4.68. The fraction of sp³-hybridized carbons (Fsp3) is 0.364. The van der Waals surface area contributed by atoms with Crippen molar-refractivity contribution in [1.29, 1.82) is 0 Å². The zero-order valence-corrected chi connectivity index (χ0v) is 7.72. The zero-order valence-electron chi connectivity index (χ0n) is 7.72. The molecular weight excluding hydrogens is 180 g/mol. The molecule has 2 atom stereocenters. The van der Waals surface area contributed by atoms with Crippen molar-refractivity contribution in [3.8, 4) is 0 Å². The highest BCUT2D eigenvalue weighted by atomic mass is 16.6. The van der Waals surface area contributed by atoms with Crippen molar-refractivity contribution in [1.82, 2.24) is 0 Å². The normalized spacial score (nSPS) is 26.2. The molecule has 14 heavy (non-hydrogen) atoms. The Bertz CT molecular complexity index is 321. The van der Waals surface area contributed by atoms with E-state index in [1.807, 2.05) is 30.3 Å². The summed E-state index contributed by atoms with van der Waals surface area (Å²) in [6, 6.07) is 9.75. The fourth-order valence-electron chi connectivity index (χ4n) is 1.68. The summed E-state index contributed by atoms with van der Waals surface area (Å²) in [6.45, 7) is 0. The van der Waals surface area contributed by atoms with Gasteiger partial charge in [-0.25, -0.2) is 0 Å². The highest BCUT2D eigenvalue weighted by Crippen LogP contribution is 2.23. The van der Waals surface area contributed by atoms with E-state index in [0.717, 1.165) is 5.56 Å². The molecule has 3 heteroatoms. The molecule has 0 unspecified atom stereocenters. The number of cyclic esters (lactones) is 1. The van der Waals surface area contributed by atoms with Crippen molar-refractivity contribution < 1.29 is 14.6 Å². The van der Waals surface area contributed by atoms with E-state index in [1.54, 1.807) is 0 Å². The number of ether oxygens (including phenoxy) is 1. The SMILES string of the molecule is O=C1O[C@H](O)C[C@@H]1Cc1ccccc1. The lowest BCUT2D eigenvalue weighted by atomic mass is 9.98. The second-order valence-electron chi connectivity index (χ2n) is 3.51. The molecule has 0 amide bonds. The minimum atomic E-state index is -0.906. The number of hydrogen-bond donors (Lipinski definition) is 1. The first kappa shape index (κ1) is 9.21. The Labute approximate surface area is 82.3 Å². The maximum Gasteiger partial charge on any atom is 0.311 e. The molecule has 1 aliphatic rings. The van der Waals surface area contributed by atoms with Gasteiger partial charge in [-0.1, -0.05) is 30.3 Å². The number of hydrogen-bond acceptors (Lipinski definition) is 3. The predicted molar refractivity (Wildman–Crippen MR) is 50.4 cm³/mol. The Morgan fingerprint density at radius 3 is 2.64 bits per heavy atom. The van der Waals surface area contributed by atoms with E-state index in [4.69, 9.17) is 5.11 Å². The molecule has 1 fully saturated rings. The summed E-state index contributed by atoms with van der Waals surface area (Å²) in [7, 11) is 0. The summed E-state index contributed by atoms with van der Waals surface area (Å²) in [5.41, 5.74) is 1.10. The van der Waals surface area contributed by atoms with Gasteiger partial charge in [-0.15, -0.1) is 0 Å². The number of benzene rings is 1. The third-order valence-corrected chi connectivity index (χ3v) is 2.40. The molecule has 1 aliphatic heterocycles. The average molecular weight is 192 g/mol. The highest BCUT2D eigenvalue weighted by molar-refractivity contribution is 5.74. The van der Waals surface area contributed by atoms with Crippen LogP contribution in [0.1, 0.15) is 12.0 Å². The number of carbonyl (C=O) groups excluding carboxylic acids is 1. The highest BCUT2D eigenvalue weighted by Gasteiger charge is 2.32. The number of carbonyl (C=O) groups is 1. The van der Waals surface area contributed by atoms with E-state index in [9.17, 15) is 4.79 Å². The maximum atomic E-state index is 11.2. The molecule has 0 aliphatic carbocycles. The minimum absolute atomic E-state index is 0.188. The summed E-state index contributed by atoms with van der Waals surface area (Å²) >= 11 is 0. The van der Waals surface area contributed by atoms with Crippen LogP contribution >= 0.6 is 0 Å². The zero-order chi connectivity index (χ0) is 9.97. The van der Waals surface area contributed by atoms with Crippen LogP contribution < -0.4 is 0 Å². The summed E-state index contributed by atoms with van der Waals surface area (Å²) < 4.78 is 4.66. The molecule has 0 spiro atoms. The van der Waals surface area contributed by atoms with Crippen molar-refractivity contribution in [3.63, 3.8) is 0 Å². The van der Waals surface area contributed by atoms with Crippen LogP contribution in [0.4, 0.5) is 0 Å². The Balaban J connectivity index is 2.02. The van der Waals surface area contributed by atoms with Crippen LogP contribution in [-0.2, 0) is 16.0 Å². The second kappa shape index (κ2) is 3.80. The Kier molecular flexibility index (Phi) is 2.50. The lowest BCUT2D eigenvalue weighted by Crippen LogP contribution is -2.10. The van der Waals surface area contributed by atoms with Crippen LogP contribution in [0.15, 0.2) is 30.3 Å². The van der Waals surface area contributed by atoms with Gasteiger partial charge in [0.15, 0.2) is 0 Å². The van der Waals surface area contributed by atoms with E-state index in [0.29, 0.717) is 12.8 Å². The average Bonchev–Trinajstić information content (AvgIpc) is 2.47. The standard InChI is InChI=1S/C11H12O3/c12-10-7-9(11(13)14-10)6-8-4-2-1-3-5-8/h1-5,9-10,12H,6-7H2/t9-,10-/m0/s1. The molecule has 0 saturated carbocycles. The van der Waals surface area contributed by atoms with Gasteiger partial charge in [0.2, 0.25) is 6.29 Å². The molecular formula is C11H12O3. The van der Waals surface area contributed by atoms with Gasteiger partial charge < -0.3 is 9.84 Å². The van der Waals surface area contributed by atoms with E-state index in [-0.39, 0.29) is 11.9 Å². The van der Waals surface area contributed by atoms with E-state index >= 15 is 0 Å². The molecule has 0 radical (unpaired) electrons. The molecule has 1 saturated heterocycles. The molecule has 1 N–H and O–H groups in total. The van der Waals surface area contributed by atoms with Gasteiger partial charge in [-0.3, -0.25) is 4.79 Å². The molecule has 74 valence electrons. The Morgan fingerprint density at radius 2 is 2.07 bits per heavy atom. The fourth-order valence-corrected chi connectivity index (χ4v) is 1.68. The van der Waals surface area contributed by atoms with Crippen molar-refractivity contribution in [2.24, 2.45) is 5.92 Å². The summed E-state index contributed by atoms with van der Waals surface area (Å²) in [4.78, 5) is 11.2. The lowest BCUT2D eigenvalue weighted by molar-refractivity contribution is -0.155. The maximum absolute atomic E-state index is 11.2. The van der Waals surface area contributed by atoms with Gasteiger partial charge in [-0.2, -0.15) is 0 Å². The van der Waals surface area contributed by atoms with Crippen molar-refractivity contribution in [2.45, 2.75) is 19.1 Å². The number of esters is 1. The number of aliphatic hydroxyl groups is 1. The van der Waals surface area contributed by atoms with Crippen LogP contribution in [0.2, 0.25) is 0 Å². The summed E-state index contributed by atoms with van der Waals surface area (Å²) in [5, 5.41) is 9.10. The Hall–Kier alpha value is -1.35. The third kappa shape index (κ3) is 1.93. The molecule has 1 heterocycles. The monoisotopic (exact) mass is 192 g/mol. The third-order valence-electron chi connectivity index (χ3n) is 2.40. The van der Waals surface area contributed by atoms with Crippen LogP contribution in [0.3, 0.4) is 0 Å². The quantitative estimate of drug-likeness (QED) is 0.714. The first-order valence-electron chi connectivity index (χ1n) is 4.68. The van der Waals surface area contributed by atoms with Gasteiger partial charge in [0.25, 0.3) is 0 Å². The van der Waals surface area contributed by atoms with Gasteiger partial charge in [0.1, 0.15) is 0 Å². The van der Waals surface area contributed by atoms with Gasteiger partial charge in [0, 0.05) is 6.42 Å². The van der Waals surface area contributed by atoms with Crippen LogP contribution in [0.5, 0.6) is 0 Å². The lowest BCUT2D eigenvalue weighted by Gasteiger charge is -2.03. The van der Waals surface area contributed by atoms with E-state index < -0.39 is 6.29 Å². The number of aliphatic hydroxyl groups excluding tert-OH is 1. The van der Waals surface area contributed by atoms with E-state index in [2.05, 4.69) is 4.74 Å². The van der Waals surface area contributed by atoms with Gasteiger partial charge in [0.05, 0.1) is 5.92 Å². The first-order chi connectivity index (χ1) is 6.75. The van der Waals surface area contributed by atoms with Crippen LogP contribution in [0.25, 0.3) is 0 Å². The Morgan fingerprint density at radius 1 is 1.36 bits per heavy atom. The second-order valence-corrected chi connectivity index (χ2v) is 3.51. The largest absolute Gasteiger partial charge is 0.436 e. The van der Waals surface area contributed by atoms with Crippen LogP contribution in [0, 0.1) is 5.92 Å². The van der Waals surface area contributed by atoms with Crippen molar-refractivity contribution in [2.75, 3.05) is 0 Å². The van der Waals surface area contributed by atoms with Gasteiger partial charge in [-0.05, 0) is 12.0 Å². The molecule has 0 aromatic heterocycles. The summed E-state index contributed by atoms with van der Waals surface area (Å²) in [6.07, 6.45) is 0.154. The number of rotatable bonds is 2. The predicted octanol–water partition coefficient (Wildman–Crippen LogP) is 1.11. The summed E-state index contributed by atoms with van der Waals surface area (Å²) in [5.74, 6) is -0.478. The smallest absolute Gasteiger partial charge is 0.311 e.